The van der Waals surface area contributed by atoms with Crippen molar-refractivity contribution in [2.45, 2.75) is 5.03 Å². The Kier molecular flexibility index (Phi) is 4.11. The minimum absolute atomic E-state index is 0.0325. The van der Waals surface area contributed by atoms with Crippen LogP contribution < -0.4 is 0 Å². The van der Waals surface area contributed by atoms with Gasteiger partial charge < -0.3 is 0 Å². The SMILES string of the molecule is C#CCSc1ccc(-c2cccc([N+](=O)[O-])c2)nn1. The molecule has 1 heterocycles. The Balaban J connectivity index is 2.25. The van der Waals surface area contributed by atoms with E-state index in [1.165, 1.54) is 23.9 Å². The van der Waals surface area contributed by atoms with Gasteiger partial charge in [0.2, 0.25) is 0 Å². The molecule has 1 aromatic carbocycles. The molecule has 2 aromatic rings. The quantitative estimate of drug-likeness (QED) is 0.370. The van der Waals surface area contributed by atoms with Crippen LogP contribution in [0.15, 0.2) is 41.4 Å². The van der Waals surface area contributed by atoms with Gasteiger partial charge in [-0.25, -0.2) is 0 Å². The summed E-state index contributed by atoms with van der Waals surface area (Å²) >= 11 is 1.41. The zero-order valence-electron chi connectivity index (χ0n) is 9.81. The van der Waals surface area contributed by atoms with Gasteiger partial charge in [0.25, 0.3) is 5.69 Å². The summed E-state index contributed by atoms with van der Waals surface area (Å²) in [7, 11) is 0. The number of benzene rings is 1. The standard InChI is InChI=1S/C13H9N3O2S/c1-2-8-19-13-7-6-12(14-15-13)10-4-3-5-11(9-10)16(17)18/h1,3-7,9H,8H2. The molecule has 1 aromatic heterocycles. The van der Waals surface area contributed by atoms with Gasteiger partial charge in [-0.2, -0.15) is 0 Å². The average molecular weight is 271 g/mol. The third-order valence-corrected chi connectivity index (χ3v) is 3.12. The Labute approximate surface area is 114 Å². The zero-order valence-corrected chi connectivity index (χ0v) is 10.6. The fourth-order valence-electron chi connectivity index (χ4n) is 1.45. The highest BCUT2D eigenvalue weighted by Crippen LogP contribution is 2.23. The van der Waals surface area contributed by atoms with Crippen LogP contribution in [0.1, 0.15) is 0 Å². The van der Waals surface area contributed by atoms with E-state index in [4.69, 9.17) is 6.42 Å². The van der Waals surface area contributed by atoms with E-state index in [9.17, 15) is 10.1 Å². The monoisotopic (exact) mass is 271 g/mol. The van der Waals surface area contributed by atoms with E-state index >= 15 is 0 Å². The summed E-state index contributed by atoms with van der Waals surface area (Å²) in [6.07, 6.45) is 5.16. The van der Waals surface area contributed by atoms with Crippen LogP contribution in [0.3, 0.4) is 0 Å². The molecule has 0 unspecified atom stereocenters. The third kappa shape index (κ3) is 3.30. The molecular formula is C13H9N3O2S. The number of nitro benzene ring substituents is 1. The smallest absolute Gasteiger partial charge is 0.258 e. The topological polar surface area (TPSA) is 68.9 Å². The van der Waals surface area contributed by atoms with Crippen molar-refractivity contribution in [3.8, 4) is 23.6 Å². The number of rotatable bonds is 4. The predicted octanol–water partition coefficient (Wildman–Crippen LogP) is 2.78. The molecule has 0 saturated heterocycles. The molecule has 0 saturated carbocycles. The van der Waals surface area contributed by atoms with E-state index in [0.29, 0.717) is 17.0 Å². The minimum atomic E-state index is -0.436. The zero-order chi connectivity index (χ0) is 13.7. The van der Waals surface area contributed by atoms with Gasteiger partial charge in [0.15, 0.2) is 0 Å². The lowest BCUT2D eigenvalue weighted by atomic mass is 10.1. The van der Waals surface area contributed by atoms with Crippen molar-refractivity contribution < 1.29 is 4.92 Å². The summed E-state index contributed by atoms with van der Waals surface area (Å²) in [5, 5.41) is 19.5. The fourth-order valence-corrected chi connectivity index (χ4v) is 1.94. The highest BCUT2D eigenvalue weighted by Gasteiger charge is 2.08. The number of terminal acetylenes is 1. The molecule has 0 atom stereocenters. The van der Waals surface area contributed by atoms with Crippen LogP contribution in [0.2, 0.25) is 0 Å². The van der Waals surface area contributed by atoms with Crippen LogP contribution in [0.25, 0.3) is 11.3 Å². The van der Waals surface area contributed by atoms with Gasteiger partial charge in [-0.3, -0.25) is 10.1 Å². The first kappa shape index (κ1) is 13.1. The van der Waals surface area contributed by atoms with E-state index in [2.05, 4.69) is 16.1 Å². The largest absolute Gasteiger partial charge is 0.270 e. The Bertz CT molecular complexity index is 635. The van der Waals surface area contributed by atoms with Gasteiger partial charge in [0.05, 0.1) is 16.4 Å². The van der Waals surface area contributed by atoms with Gasteiger partial charge in [0.1, 0.15) is 5.03 Å². The first-order valence-electron chi connectivity index (χ1n) is 5.35. The van der Waals surface area contributed by atoms with E-state index in [-0.39, 0.29) is 5.69 Å². The van der Waals surface area contributed by atoms with Crippen molar-refractivity contribution in [1.82, 2.24) is 10.2 Å². The molecule has 0 aliphatic heterocycles. The van der Waals surface area contributed by atoms with Crippen molar-refractivity contribution >= 4 is 17.4 Å². The minimum Gasteiger partial charge on any atom is -0.258 e. The van der Waals surface area contributed by atoms with Crippen LogP contribution >= 0.6 is 11.8 Å². The molecule has 0 aliphatic rings. The lowest BCUT2D eigenvalue weighted by Gasteiger charge is -2.01. The first-order chi connectivity index (χ1) is 9.20. The van der Waals surface area contributed by atoms with E-state index < -0.39 is 4.92 Å². The number of aromatic nitrogens is 2. The molecular weight excluding hydrogens is 262 g/mol. The van der Waals surface area contributed by atoms with Gasteiger partial charge in [-0.1, -0.05) is 29.8 Å². The number of thioether (sulfide) groups is 1. The summed E-state index contributed by atoms with van der Waals surface area (Å²) in [4.78, 5) is 10.3. The van der Waals surface area contributed by atoms with Crippen LogP contribution in [-0.2, 0) is 0 Å². The second kappa shape index (κ2) is 5.98. The molecule has 0 fully saturated rings. The molecule has 0 radical (unpaired) electrons. The predicted molar refractivity (Wildman–Crippen MR) is 73.7 cm³/mol. The highest BCUT2D eigenvalue weighted by molar-refractivity contribution is 7.99. The fraction of sp³-hybridized carbons (Fsp3) is 0.0769. The van der Waals surface area contributed by atoms with Crippen molar-refractivity contribution in [2.24, 2.45) is 0 Å². The number of hydrogen-bond acceptors (Lipinski definition) is 5. The lowest BCUT2D eigenvalue weighted by Crippen LogP contribution is -1.92. The maximum atomic E-state index is 10.7. The Hall–Kier alpha value is -2.39. The van der Waals surface area contributed by atoms with Crippen molar-refractivity contribution in [1.29, 1.82) is 0 Å². The average Bonchev–Trinajstić information content (AvgIpc) is 2.46. The molecule has 94 valence electrons. The number of non-ortho nitro benzene ring substituents is 1. The molecule has 2 rings (SSSR count). The van der Waals surface area contributed by atoms with Crippen molar-refractivity contribution in [3.05, 3.63) is 46.5 Å². The Morgan fingerprint density at radius 2 is 2.16 bits per heavy atom. The number of nitrogens with zero attached hydrogens (tertiary/aromatic N) is 3. The molecule has 0 amide bonds. The van der Waals surface area contributed by atoms with E-state index in [0.717, 1.165) is 5.03 Å². The normalized spacial score (nSPS) is 9.84. The molecule has 5 nitrogen and oxygen atoms in total. The number of nitro groups is 1. The molecule has 0 bridgehead atoms. The molecule has 0 aliphatic carbocycles. The van der Waals surface area contributed by atoms with Crippen LogP contribution in [0.4, 0.5) is 5.69 Å². The second-order valence-electron chi connectivity index (χ2n) is 3.56. The number of hydrogen-bond donors (Lipinski definition) is 0. The van der Waals surface area contributed by atoms with Crippen LogP contribution in [0, 0.1) is 22.5 Å². The Morgan fingerprint density at radius 1 is 1.32 bits per heavy atom. The molecule has 0 spiro atoms. The van der Waals surface area contributed by atoms with Crippen LogP contribution in [0.5, 0.6) is 0 Å². The van der Waals surface area contributed by atoms with Crippen LogP contribution in [-0.4, -0.2) is 20.9 Å². The maximum absolute atomic E-state index is 10.7. The second-order valence-corrected chi connectivity index (χ2v) is 4.55. The van der Waals surface area contributed by atoms with Crippen molar-refractivity contribution in [2.75, 3.05) is 5.75 Å². The van der Waals surface area contributed by atoms with E-state index in [1.807, 2.05) is 0 Å². The summed E-state index contributed by atoms with van der Waals surface area (Å²) in [5.74, 6) is 3.04. The maximum Gasteiger partial charge on any atom is 0.270 e. The van der Waals surface area contributed by atoms with Gasteiger partial charge in [-0.05, 0) is 12.1 Å². The molecule has 19 heavy (non-hydrogen) atoms. The van der Waals surface area contributed by atoms with Gasteiger partial charge in [0, 0.05) is 17.7 Å². The summed E-state index contributed by atoms with van der Waals surface area (Å²) < 4.78 is 0. The molecule has 0 N–H and O–H groups in total. The summed E-state index contributed by atoms with van der Waals surface area (Å²) in [6.45, 7) is 0. The van der Waals surface area contributed by atoms with Gasteiger partial charge in [-0.15, -0.1) is 16.6 Å². The lowest BCUT2D eigenvalue weighted by molar-refractivity contribution is -0.384. The van der Waals surface area contributed by atoms with E-state index in [1.54, 1.807) is 24.3 Å². The third-order valence-electron chi connectivity index (χ3n) is 2.30. The summed E-state index contributed by atoms with van der Waals surface area (Å²) in [6, 6.07) is 9.85. The van der Waals surface area contributed by atoms with Gasteiger partial charge >= 0.3 is 0 Å². The van der Waals surface area contributed by atoms with Crippen molar-refractivity contribution in [3.63, 3.8) is 0 Å². The molecule has 6 heteroatoms. The highest BCUT2D eigenvalue weighted by atomic mass is 32.2. The first-order valence-corrected chi connectivity index (χ1v) is 6.34. The summed E-state index contributed by atoms with van der Waals surface area (Å²) in [5.41, 5.74) is 1.29. The Morgan fingerprint density at radius 3 is 2.79 bits per heavy atom.